The van der Waals surface area contributed by atoms with Gasteiger partial charge in [0.15, 0.2) is 0 Å². The molecule has 21 heavy (non-hydrogen) atoms. The maximum atomic E-state index is 13.6. The number of aryl methyl sites for hydroxylation is 2. The molecule has 0 unspecified atom stereocenters. The number of rotatable bonds is 5. The number of aromatic amines is 1. The summed E-state index contributed by atoms with van der Waals surface area (Å²) in [6.07, 6.45) is 1.62. The molecule has 0 aliphatic heterocycles. The highest BCUT2D eigenvalue weighted by Crippen LogP contribution is 2.24. The molecule has 0 radical (unpaired) electrons. The average molecular weight is 291 g/mol. The van der Waals surface area contributed by atoms with Crippen LogP contribution in [0.15, 0.2) is 6.07 Å². The van der Waals surface area contributed by atoms with Crippen molar-refractivity contribution in [2.24, 2.45) is 0 Å². The van der Waals surface area contributed by atoms with E-state index in [0.29, 0.717) is 36.0 Å². The van der Waals surface area contributed by atoms with E-state index < -0.39 is 5.82 Å². The van der Waals surface area contributed by atoms with Gasteiger partial charge >= 0.3 is 0 Å². The van der Waals surface area contributed by atoms with Gasteiger partial charge in [0.2, 0.25) is 0 Å². The van der Waals surface area contributed by atoms with Gasteiger partial charge in [0.1, 0.15) is 17.3 Å². The Kier molecular flexibility index (Phi) is 4.35. The topological polar surface area (TPSA) is 74.8 Å². The Bertz CT molecular complexity index is 706. The number of halogens is 1. The first-order chi connectivity index (χ1) is 9.93. The summed E-state index contributed by atoms with van der Waals surface area (Å²) in [5.41, 5.74) is 2.49. The predicted octanol–water partition coefficient (Wildman–Crippen LogP) is 2.28. The molecule has 2 rings (SSSR count). The van der Waals surface area contributed by atoms with Gasteiger partial charge < -0.3 is 15.1 Å². The van der Waals surface area contributed by atoms with Crippen molar-refractivity contribution in [3.63, 3.8) is 0 Å². The van der Waals surface area contributed by atoms with Crippen LogP contribution in [0, 0.1) is 12.7 Å². The van der Waals surface area contributed by atoms with Gasteiger partial charge in [0, 0.05) is 25.1 Å². The number of fused-ring (bicyclic) bond motifs is 1. The molecule has 0 fully saturated rings. The quantitative estimate of drug-likeness (QED) is 0.887. The Balaban J connectivity index is 2.48. The highest BCUT2D eigenvalue weighted by molar-refractivity contribution is 5.99. The summed E-state index contributed by atoms with van der Waals surface area (Å²) in [4.78, 5) is 30.2. The normalized spacial score (nSPS) is 10.9. The van der Waals surface area contributed by atoms with E-state index in [0.717, 1.165) is 5.56 Å². The molecule has 112 valence electrons. The molecule has 2 aromatic rings. The first-order valence-electron chi connectivity index (χ1n) is 6.83. The van der Waals surface area contributed by atoms with Gasteiger partial charge in [0.05, 0.1) is 16.7 Å². The first kappa shape index (κ1) is 15.2. The zero-order chi connectivity index (χ0) is 15.6. The van der Waals surface area contributed by atoms with Gasteiger partial charge in [0.25, 0.3) is 5.91 Å². The number of carbonyl (C=O) groups excluding carboxylic acids is 2. The van der Waals surface area contributed by atoms with Crippen LogP contribution in [0.4, 0.5) is 4.39 Å². The van der Waals surface area contributed by atoms with Gasteiger partial charge in [-0.15, -0.1) is 0 Å². The minimum Gasteiger partial charge on any atom is -0.354 e. The molecule has 0 aliphatic rings. The fraction of sp³-hybridized carbons (Fsp3) is 0.400. The second-order valence-electron chi connectivity index (χ2n) is 5.07. The third kappa shape index (κ3) is 3.09. The van der Waals surface area contributed by atoms with Gasteiger partial charge in [-0.25, -0.2) is 9.37 Å². The maximum absolute atomic E-state index is 13.6. The number of hydrogen-bond donors (Lipinski definition) is 2. The van der Waals surface area contributed by atoms with E-state index in [1.165, 1.54) is 20.0 Å². The molecule has 2 N–H and O–H groups in total. The highest BCUT2D eigenvalue weighted by atomic mass is 19.1. The van der Waals surface area contributed by atoms with Crippen molar-refractivity contribution < 1.29 is 14.0 Å². The second-order valence-corrected chi connectivity index (χ2v) is 5.07. The van der Waals surface area contributed by atoms with E-state index in [1.54, 1.807) is 6.92 Å². The van der Waals surface area contributed by atoms with E-state index in [4.69, 9.17) is 0 Å². The van der Waals surface area contributed by atoms with Crippen molar-refractivity contribution in [2.45, 2.75) is 33.1 Å². The molecule has 0 saturated carbocycles. The summed E-state index contributed by atoms with van der Waals surface area (Å²) in [5.74, 6) is -0.585. The van der Waals surface area contributed by atoms with Crippen molar-refractivity contribution in [1.82, 2.24) is 15.3 Å². The number of nitrogens with zero attached hydrogens (tertiary/aromatic N) is 1. The van der Waals surface area contributed by atoms with E-state index in [2.05, 4.69) is 15.3 Å². The Morgan fingerprint density at radius 3 is 2.76 bits per heavy atom. The smallest absolute Gasteiger partial charge is 0.267 e. The van der Waals surface area contributed by atoms with Gasteiger partial charge in [-0.05, 0) is 26.7 Å². The van der Waals surface area contributed by atoms with E-state index >= 15 is 0 Å². The number of nitrogens with one attached hydrogen (secondary N) is 2. The summed E-state index contributed by atoms with van der Waals surface area (Å²) < 4.78 is 13.6. The van der Waals surface area contributed by atoms with Crippen molar-refractivity contribution in [1.29, 1.82) is 0 Å². The molecule has 1 amide bonds. The number of hydrogen-bond acceptors (Lipinski definition) is 3. The predicted molar refractivity (Wildman–Crippen MR) is 77.8 cm³/mol. The highest BCUT2D eigenvalue weighted by Gasteiger charge is 2.19. The van der Waals surface area contributed by atoms with Crippen molar-refractivity contribution in [3.05, 3.63) is 28.8 Å². The summed E-state index contributed by atoms with van der Waals surface area (Å²) in [7, 11) is 1.53. The fourth-order valence-electron chi connectivity index (χ4n) is 2.31. The van der Waals surface area contributed by atoms with Crippen LogP contribution in [0.25, 0.3) is 11.0 Å². The molecule has 0 spiro atoms. The zero-order valence-electron chi connectivity index (χ0n) is 12.3. The lowest BCUT2D eigenvalue weighted by Gasteiger charge is -2.03. The molecule has 0 bridgehead atoms. The molecule has 2 aromatic heterocycles. The monoisotopic (exact) mass is 291 g/mol. The number of carbonyl (C=O) groups is 2. The minimum atomic E-state index is -0.414. The molecule has 0 aliphatic carbocycles. The lowest BCUT2D eigenvalue weighted by Crippen LogP contribution is -2.19. The Labute approximate surface area is 121 Å². The van der Waals surface area contributed by atoms with Gasteiger partial charge in [-0.3, -0.25) is 4.79 Å². The SMILES string of the molecule is CNC(=O)c1[nH]c2cc(F)c(C)nc2c1CCCC(C)=O. The molecular weight excluding hydrogens is 273 g/mol. The van der Waals surface area contributed by atoms with Gasteiger partial charge in [-0.2, -0.15) is 0 Å². The lowest BCUT2D eigenvalue weighted by atomic mass is 10.1. The third-order valence-electron chi connectivity index (χ3n) is 3.41. The van der Waals surface area contributed by atoms with E-state index in [9.17, 15) is 14.0 Å². The van der Waals surface area contributed by atoms with Gasteiger partial charge in [-0.1, -0.05) is 0 Å². The van der Waals surface area contributed by atoms with Crippen LogP contribution < -0.4 is 5.32 Å². The van der Waals surface area contributed by atoms with Crippen LogP contribution in [0.5, 0.6) is 0 Å². The standard InChI is InChI=1S/C15H18FN3O2/c1-8(20)5-4-6-10-13-12(7-11(16)9(2)18-13)19-14(10)15(21)17-3/h7,19H,4-6H2,1-3H3,(H,17,21). The summed E-state index contributed by atoms with van der Waals surface area (Å²) in [6.45, 7) is 3.12. The van der Waals surface area contributed by atoms with E-state index in [-0.39, 0.29) is 17.4 Å². The number of amides is 1. The van der Waals surface area contributed by atoms with Crippen LogP contribution in [0.2, 0.25) is 0 Å². The Morgan fingerprint density at radius 2 is 2.14 bits per heavy atom. The number of H-pyrrole nitrogens is 1. The summed E-state index contributed by atoms with van der Waals surface area (Å²) in [6, 6.07) is 1.35. The fourth-order valence-corrected chi connectivity index (χ4v) is 2.31. The average Bonchev–Trinajstić information content (AvgIpc) is 2.76. The molecule has 0 aromatic carbocycles. The molecule has 5 nitrogen and oxygen atoms in total. The second kappa shape index (κ2) is 6.03. The molecule has 6 heteroatoms. The number of ketones is 1. The zero-order valence-corrected chi connectivity index (χ0v) is 12.3. The molecule has 0 saturated heterocycles. The Hall–Kier alpha value is -2.24. The summed E-state index contributed by atoms with van der Waals surface area (Å²) in [5, 5.41) is 2.55. The first-order valence-corrected chi connectivity index (χ1v) is 6.83. The van der Waals surface area contributed by atoms with Crippen LogP contribution in [-0.2, 0) is 11.2 Å². The number of pyridine rings is 1. The van der Waals surface area contributed by atoms with Crippen LogP contribution in [0.3, 0.4) is 0 Å². The lowest BCUT2D eigenvalue weighted by molar-refractivity contribution is -0.117. The van der Waals surface area contributed by atoms with Crippen LogP contribution >= 0.6 is 0 Å². The Morgan fingerprint density at radius 1 is 1.43 bits per heavy atom. The third-order valence-corrected chi connectivity index (χ3v) is 3.41. The van der Waals surface area contributed by atoms with Crippen LogP contribution in [0.1, 0.15) is 41.5 Å². The molecule has 2 heterocycles. The minimum absolute atomic E-state index is 0.103. The van der Waals surface area contributed by atoms with Crippen molar-refractivity contribution in [3.8, 4) is 0 Å². The molecular formula is C15H18FN3O2. The number of aromatic nitrogens is 2. The van der Waals surface area contributed by atoms with E-state index in [1.807, 2.05) is 0 Å². The largest absolute Gasteiger partial charge is 0.354 e. The van der Waals surface area contributed by atoms with Crippen molar-refractivity contribution in [2.75, 3.05) is 7.05 Å². The van der Waals surface area contributed by atoms with Crippen molar-refractivity contribution >= 4 is 22.7 Å². The number of Topliss-reactive ketones (excluding diaryl/α,β-unsaturated/α-hetero) is 1. The van der Waals surface area contributed by atoms with Crippen LogP contribution in [-0.4, -0.2) is 28.7 Å². The molecule has 0 atom stereocenters. The summed E-state index contributed by atoms with van der Waals surface area (Å²) >= 11 is 0. The maximum Gasteiger partial charge on any atom is 0.267 e.